The Balaban J connectivity index is 1.56. The first-order valence-corrected chi connectivity index (χ1v) is 10.6. The molecule has 0 saturated carbocycles. The van der Waals surface area contributed by atoms with E-state index in [2.05, 4.69) is 70.2 Å². The van der Waals surface area contributed by atoms with Crippen molar-refractivity contribution in [1.82, 2.24) is 20.0 Å². The van der Waals surface area contributed by atoms with Crippen LogP contribution in [0.5, 0.6) is 0 Å². The predicted molar refractivity (Wildman–Crippen MR) is 116 cm³/mol. The molecule has 6 nitrogen and oxygen atoms in total. The molecule has 2 aliphatic heterocycles. The molecule has 1 aromatic rings. The van der Waals surface area contributed by atoms with Gasteiger partial charge in [-0.05, 0) is 38.4 Å². The molecule has 0 spiro atoms. The van der Waals surface area contributed by atoms with Crippen LogP contribution >= 0.6 is 0 Å². The number of ether oxygens (including phenoxy) is 1. The maximum Gasteiger partial charge on any atom is 0.193 e. The molecule has 2 fully saturated rings. The number of benzene rings is 1. The number of morpholine rings is 1. The fraction of sp³-hybridized carbons (Fsp3) is 0.682. The van der Waals surface area contributed by atoms with Crippen molar-refractivity contribution in [2.24, 2.45) is 4.99 Å². The van der Waals surface area contributed by atoms with Crippen LogP contribution in [0.15, 0.2) is 29.3 Å². The molecular formula is C22H37N5O. The Labute approximate surface area is 170 Å². The van der Waals surface area contributed by atoms with E-state index < -0.39 is 0 Å². The molecule has 2 saturated heterocycles. The molecule has 3 rings (SSSR count). The lowest BCUT2D eigenvalue weighted by atomic mass is 10.1. The van der Waals surface area contributed by atoms with Gasteiger partial charge in [0.15, 0.2) is 5.96 Å². The van der Waals surface area contributed by atoms with Crippen molar-refractivity contribution in [2.45, 2.75) is 45.4 Å². The minimum atomic E-state index is 0.538. The molecular weight excluding hydrogens is 350 g/mol. The van der Waals surface area contributed by atoms with Crippen LogP contribution in [0.3, 0.4) is 0 Å². The van der Waals surface area contributed by atoms with Crippen molar-refractivity contribution in [3.8, 4) is 0 Å². The van der Waals surface area contributed by atoms with Gasteiger partial charge in [-0.2, -0.15) is 0 Å². The van der Waals surface area contributed by atoms with Gasteiger partial charge in [0.2, 0.25) is 0 Å². The maximum absolute atomic E-state index is 5.50. The first-order valence-electron chi connectivity index (χ1n) is 10.6. The Bertz CT molecular complexity index is 642. The standard InChI is InChI=1S/C22H37N5O/c1-18(2)25(4)16-20-8-6-5-7-19(20)15-24-22(23-3)27-10-9-21(17-27)26-11-13-28-14-12-26/h5-8,18,21H,9-17H2,1-4H3,(H,23,24). The van der Waals surface area contributed by atoms with Crippen LogP contribution in [0, 0.1) is 0 Å². The van der Waals surface area contributed by atoms with E-state index in [1.165, 1.54) is 17.5 Å². The lowest BCUT2D eigenvalue weighted by Gasteiger charge is -2.32. The number of aliphatic imine (C=N–C) groups is 1. The average Bonchev–Trinajstić information content (AvgIpc) is 3.20. The van der Waals surface area contributed by atoms with Crippen molar-refractivity contribution in [1.29, 1.82) is 0 Å². The largest absolute Gasteiger partial charge is 0.379 e. The summed E-state index contributed by atoms with van der Waals surface area (Å²) in [7, 11) is 4.08. The Hall–Kier alpha value is -1.63. The highest BCUT2D eigenvalue weighted by Gasteiger charge is 2.30. The Morgan fingerprint density at radius 2 is 1.93 bits per heavy atom. The number of guanidine groups is 1. The van der Waals surface area contributed by atoms with Gasteiger partial charge in [0.05, 0.1) is 13.2 Å². The maximum atomic E-state index is 5.50. The predicted octanol–water partition coefficient (Wildman–Crippen LogP) is 2.01. The van der Waals surface area contributed by atoms with Gasteiger partial charge in [-0.15, -0.1) is 0 Å². The van der Waals surface area contributed by atoms with E-state index in [1.807, 2.05) is 7.05 Å². The lowest BCUT2D eigenvalue weighted by molar-refractivity contribution is 0.0195. The molecule has 0 aromatic heterocycles. The Kier molecular flexibility index (Phi) is 7.71. The summed E-state index contributed by atoms with van der Waals surface area (Å²) in [4.78, 5) is 11.9. The van der Waals surface area contributed by atoms with Crippen LogP contribution in [-0.2, 0) is 17.8 Å². The number of likely N-dealkylation sites (tertiary alicyclic amines) is 1. The second-order valence-corrected chi connectivity index (χ2v) is 8.22. The van der Waals surface area contributed by atoms with Gasteiger partial charge in [-0.1, -0.05) is 24.3 Å². The van der Waals surface area contributed by atoms with Gasteiger partial charge in [-0.3, -0.25) is 14.8 Å². The number of nitrogens with zero attached hydrogens (tertiary/aromatic N) is 4. The van der Waals surface area contributed by atoms with Crippen LogP contribution in [0.1, 0.15) is 31.4 Å². The Morgan fingerprint density at radius 3 is 2.61 bits per heavy atom. The van der Waals surface area contributed by atoms with E-state index >= 15 is 0 Å². The van der Waals surface area contributed by atoms with Gasteiger partial charge < -0.3 is 15.0 Å². The highest BCUT2D eigenvalue weighted by molar-refractivity contribution is 5.80. The van der Waals surface area contributed by atoms with Gasteiger partial charge in [0, 0.05) is 58.4 Å². The highest BCUT2D eigenvalue weighted by atomic mass is 16.5. The normalized spacial score (nSPS) is 21.7. The minimum absolute atomic E-state index is 0.538. The smallest absolute Gasteiger partial charge is 0.193 e. The molecule has 1 aromatic carbocycles. The summed E-state index contributed by atoms with van der Waals surface area (Å²) in [5.41, 5.74) is 2.73. The summed E-state index contributed by atoms with van der Waals surface area (Å²) in [6, 6.07) is 9.88. The summed E-state index contributed by atoms with van der Waals surface area (Å²) >= 11 is 0. The first-order chi connectivity index (χ1) is 13.6. The molecule has 2 aliphatic rings. The van der Waals surface area contributed by atoms with E-state index in [-0.39, 0.29) is 0 Å². The third kappa shape index (κ3) is 5.46. The van der Waals surface area contributed by atoms with Crippen molar-refractivity contribution >= 4 is 5.96 Å². The Morgan fingerprint density at radius 1 is 1.21 bits per heavy atom. The molecule has 1 unspecified atom stereocenters. The second-order valence-electron chi connectivity index (χ2n) is 8.22. The van der Waals surface area contributed by atoms with E-state index in [4.69, 9.17) is 4.74 Å². The molecule has 0 amide bonds. The summed E-state index contributed by atoms with van der Waals surface area (Å²) in [6.45, 7) is 12.2. The van der Waals surface area contributed by atoms with Crippen LogP contribution < -0.4 is 5.32 Å². The molecule has 6 heteroatoms. The molecule has 0 aliphatic carbocycles. The molecule has 1 N–H and O–H groups in total. The van der Waals surface area contributed by atoms with Crippen molar-refractivity contribution in [3.05, 3.63) is 35.4 Å². The molecule has 0 bridgehead atoms. The fourth-order valence-corrected chi connectivity index (χ4v) is 4.02. The number of hydrogen-bond donors (Lipinski definition) is 1. The highest BCUT2D eigenvalue weighted by Crippen LogP contribution is 2.18. The average molecular weight is 388 g/mol. The third-order valence-corrected chi connectivity index (χ3v) is 6.09. The van der Waals surface area contributed by atoms with Crippen LogP contribution in [0.25, 0.3) is 0 Å². The second kappa shape index (κ2) is 10.2. The topological polar surface area (TPSA) is 43.3 Å². The summed E-state index contributed by atoms with van der Waals surface area (Å²) in [5.74, 6) is 1.02. The van der Waals surface area contributed by atoms with E-state index in [0.29, 0.717) is 12.1 Å². The van der Waals surface area contributed by atoms with Crippen molar-refractivity contribution in [2.75, 3.05) is 53.5 Å². The van der Waals surface area contributed by atoms with Crippen LogP contribution in [0.4, 0.5) is 0 Å². The summed E-state index contributed by atoms with van der Waals surface area (Å²) in [6.07, 6.45) is 1.20. The van der Waals surface area contributed by atoms with Crippen LogP contribution in [0.2, 0.25) is 0 Å². The molecule has 1 atom stereocenters. The SMILES string of the molecule is CN=C(NCc1ccccc1CN(C)C(C)C)N1CCC(N2CCOCC2)C1. The minimum Gasteiger partial charge on any atom is -0.379 e. The number of nitrogens with one attached hydrogen (secondary N) is 1. The monoisotopic (exact) mass is 387 g/mol. The van der Waals surface area contributed by atoms with Gasteiger partial charge >= 0.3 is 0 Å². The zero-order valence-corrected chi connectivity index (χ0v) is 18.0. The molecule has 2 heterocycles. The van der Waals surface area contributed by atoms with Gasteiger partial charge in [-0.25, -0.2) is 0 Å². The lowest BCUT2D eigenvalue weighted by Crippen LogP contribution is -2.46. The zero-order valence-electron chi connectivity index (χ0n) is 18.0. The van der Waals surface area contributed by atoms with Gasteiger partial charge in [0.25, 0.3) is 0 Å². The third-order valence-electron chi connectivity index (χ3n) is 6.09. The molecule has 0 radical (unpaired) electrons. The van der Waals surface area contributed by atoms with Crippen LogP contribution in [-0.4, -0.2) is 86.2 Å². The van der Waals surface area contributed by atoms with Crippen molar-refractivity contribution in [3.63, 3.8) is 0 Å². The number of hydrogen-bond acceptors (Lipinski definition) is 4. The van der Waals surface area contributed by atoms with E-state index in [9.17, 15) is 0 Å². The van der Waals surface area contributed by atoms with Crippen molar-refractivity contribution < 1.29 is 4.74 Å². The van der Waals surface area contributed by atoms with E-state index in [0.717, 1.165) is 58.4 Å². The zero-order chi connectivity index (χ0) is 19.9. The van der Waals surface area contributed by atoms with E-state index in [1.54, 1.807) is 0 Å². The fourth-order valence-electron chi connectivity index (χ4n) is 4.02. The summed E-state index contributed by atoms with van der Waals surface area (Å²) < 4.78 is 5.50. The summed E-state index contributed by atoms with van der Waals surface area (Å²) in [5, 5.41) is 3.61. The molecule has 156 valence electrons. The van der Waals surface area contributed by atoms with Gasteiger partial charge in [0.1, 0.15) is 0 Å². The number of rotatable bonds is 6. The molecule has 28 heavy (non-hydrogen) atoms. The first kappa shape index (κ1) is 21.1. The quantitative estimate of drug-likeness (QED) is 0.598.